The number of nitrogens with zero attached hydrogens (tertiary/aromatic N) is 2. The van der Waals surface area contributed by atoms with Gasteiger partial charge < -0.3 is 9.64 Å². The zero-order valence-corrected chi connectivity index (χ0v) is 11.3. The largest absolute Gasteiger partial charge is 0.374 e. The van der Waals surface area contributed by atoms with Crippen LogP contribution in [-0.2, 0) is 9.53 Å². The number of Topliss-reactive ketones (excluding diaryl/α,β-unsaturated/α-hetero) is 1. The summed E-state index contributed by atoms with van der Waals surface area (Å²) >= 11 is 0. The number of likely N-dealkylation sites (N-methyl/N-ethyl adjacent to an activating group) is 1. The Morgan fingerprint density at radius 2 is 2.00 bits per heavy atom. The van der Waals surface area contributed by atoms with Crippen LogP contribution >= 0.6 is 0 Å². The maximum atomic E-state index is 11.7. The summed E-state index contributed by atoms with van der Waals surface area (Å²) in [5.41, 5.74) is 0. The van der Waals surface area contributed by atoms with Crippen molar-refractivity contribution in [3.8, 4) is 0 Å². The van der Waals surface area contributed by atoms with E-state index < -0.39 is 0 Å². The van der Waals surface area contributed by atoms with Gasteiger partial charge >= 0.3 is 0 Å². The van der Waals surface area contributed by atoms with Gasteiger partial charge in [-0.15, -0.1) is 0 Å². The van der Waals surface area contributed by atoms with Gasteiger partial charge in [-0.25, -0.2) is 0 Å². The molecule has 0 aromatic heterocycles. The number of carbonyl (C=O) groups is 1. The van der Waals surface area contributed by atoms with Gasteiger partial charge in [0.15, 0.2) is 0 Å². The molecule has 2 bridgehead atoms. The molecule has 0 spiro atoms. The fraction of sp³-hybridized carbons (Fsp3) is 0.929. The molecule has 0 aromatic rings. The molecule has 0 saturated carbocycles. The van der Waals surface area contributed by atoms with Gasteiger partial charge in [0.05, 0.1) is 12.7 Å². The molecule has 4 nitrogen and oxygen atoms in total. The van der Waals surface area contributed by atoms with Gasteiger partial charge in [0.25, 0.3) is 0 Å². The number of morpholine rings is 1. The minimum absolute atomic E-state index is 0.333. The Morgan fingerprint density at radius 3 is 2.67 bits per heavy atom. The van der Waals surface area contributed by atoms with Crippen LogP contribution in [0.4, 0.5) is 0 Å². The average molecular weight is 252 g/mol. The van der Waals surface area contributed by atoms with Crippen LogP contribution < -0.4 is 0 Å². The van der Waals surface area contributed by atoms with Crippen LogP contribution in [0.15, 0.2) is 0 Å². The molecular weight excluding hydrogens is 228 g/mol. The number of rotatable bonds is 2. The molecular formula is C14H24N2O2. The lowest BCUT2D eigenvalue weighted by Gasteiger charge is -2.47. The molecule has 0 amide bonds. The number of carbonyl (C=O) groups excluding carboxylic acids is 1. The highest BCUT2D eigenvalue weighted by Gasteiger charge is 2.38. The first kappa shape index (κ1) is 12.6. The Balaban J connectivity index is 1.62. The van der Waals surface area contributed by atoms with Crippen LogP contribution in [0.3, 0.4) is 0 Å². The van der Waals surface area contributed by atoms with E-state index in [0.29, 0.717) is 24.0 Å². The maximum Gasteiger partial charge on any atom is 0.136 e. The molecule has 3 fully saturated rings. The van der Waals surface area contributed by atoms with E-state index in [-0.39, 0.29) is 0 Å². The van der Waals surface area contributed by atoms with Crippen molar-refractivity contribution in [2.45, 2.75) is 50.3 Å². The van der Waals surface area contributed by atoms with E-state index in [9.17, 15) is 4.79 Å². The quantitative estimate of drug-likeness (QED) is 0.731. The number of piperidine rings is 2. The maximum absolute atomic E-state index is 11.7. The molecule has 0 aromatic carbocycles. The van der Waals surface area contributed by atoms with E-state index >= 15 is 0 Å². The zero-order chi connectivity index (χ0) is 12.5. The van der Waals surface area contributed by atoms with E-state index in [2.05, 4.69) is 16.8 Å². The second-order valence-corrected chi connectivity index (χ2v) is 6.14. The molecule has 3 unspecified atom stereocenters. The minimum atomic E-state index is 0.333. The summed E-state index contributed by atoms with van der Waals surface area (Å²) in [6.07, 6.45) is 5.58. The molecule has 3 atom stereocenters. The number of hydrogen-bond acceptors (Lipinski definition) is 4. The van der Waals surface area contributed by atoms with Crippen LogP contribution in [0.5, 0.6) is 0 Å². The van der Waals surface area contributed by atoms with Crippen molar-refractivity contribution in [1.82, 2.24) is 9.80 Å². The summed E-state index contributed by atoms with van der Waals surface area (Å²) < 4.78 is 5.87. The summed E-state index contributed by atoms with van der Waals surface area (Å²) in [5.74, 6) is 0.475. The molecule has 3 heterocycles. The van der Waals surface area contributed by atoms with Crippen LogP contribution in [0.1, 0.15) is 32.1 Å². The van der Waals surface area contributed by atoms with Gasteiger partial charge in [0.2, 0.25) is 0 Å². The van der Waals surface area contributed by atoms with E-state index in [1.807, 2.05) is 0 Å². The zero-order valence-electron chi connectivity index (χ0n) is 11.3. The summed E-state index contributed by atoms with van der Waals surface area (Å²) in [7, 11) is 2.16. The molecule has 18 heavy (non-hydrogen) atoms. The number of fused-ring (bicyclic) bond motifs is 2. The third-order valence-corrected chi connectivity index (χ3v) is 4.70. The van der Waals surface area contributed by atoms with E-state index in [1.54, 1.807) is 0 Å². The molecule has 3 saturated heterocycles. The lowest BCUT2D eigenvalue weighted by molar-refractivity contribution is -0.129. The first-order valence-corrected chi connectivity index (χ1v) is 7.30. The Bertz CT molecular complexity index is 305. The lowest BCUT2D eigenvalue weighted by atomic mass is 9.83. The Kier molecular flexibility index (Phi) is 3.68. The third kappa shape index (κ3) is 2.60. The van der Waals surface area contributed by atoms with Gasteiger partial charge in [0.1, 0.15) is 5.78 Å². The molecule has 0 N–H and O–H groups in total. The van der Waals surface area contributed by atoms with E-state index in [4.69, 9.17) is 4.74 Å². The van der Waals surface area contributed by atoms with Crippen molar-refractivity contribution < 1.29 is 9.53 Å². The standard InChI is InChI=1S/C14H24N2O2/c1-15-5-6-18-14(9-15)10-16-11-3-2-4-12(16)8-13(17)7-11/h11-12,14H,2-10H2,1H3. The Hall–Kier alpha value is -0.450. The first-order chi connectivity index (χ1) is 8.72. The highest BCUT2D eigenvalue weighted by atomic mass is 16.5. The predicted octanol–water partition coefficient (Wildman–Crippen LogP) is 0.903. The number of ketones is 1. The summed E-state index contributed by atoms with van der Waals surface area (Å²) in [6, 6.07) is 1.00. The number of hydrogen-bond donors (Lipinski definition) is 0. The van der Waals surface area contributed by atoms with Crippen molar-refractivity contribution in [3.63, 3.8) is 0 Å². The highest BCUT2D eigenvalue weighted by molar-refractivity contribution is 5.80. The lowest BCUT2D eigenvalue weighted by Crippen LogP contribution is -2.56. The molecule has 0 radical (unpaired) electrons. The second kappa shape index (κ2) is 5.27. The smallest absolute Gasteiger partial charge is 0.136 e. The minimum Gasteiger partial charge on any atom is -0.374 e. The molecule has 3 aliphatic heterocycles. The highest BCUT2D eigenvalue weighted by Crippen LogP contribution is 2.32. The van der Waals surface area contributed by atoms with Crippen LogP contribution in [-0.4, -0.2) is 67.1 Å². The fourth-order valence-corrected chi connectivity index (χ4v) is 3.78. The normalized spacial score (nSPS) is 38.9. The van der Waals surface area contributed by atoms with Crippen molar-refractivity contribution in [1.29, 1.82) is 0 Å². The van der Waals surface area contributed by atoms with Crippen LogP contribution in [0.2, 0.25) is 0 Å². The van der Waals surface area contributed by atoms with Crippen molar-refractivity contribution >= 4 is 5.78 Å². The molecule has 3 rings (SSSR count). The van der Waals surface area contributed by atoms with Crippen molar-refractivity contribution in [2.75, 3.05) is 33.3 Å². The topological polar surface area (TPSA) is 32.8 Å². The van der Waals surface area contributed by atoms with Crippen molar-refractivity contribution in [2.24, 2.45) is 0 Å². The summed E-state index contributed by atoms with van der Waals surface area (Å²) in [4.78, 5) is 16.6. The first-order valence-electron chi connectivity index (χ1n) is 7.30. The van der Waals surface area contributed by atoms with Crippen molar-refractivity contribution in [3.05, 3.63) is 0 Å². The molecule has 0 aliphatic carbocycles. The molecule has 3 aliphatic rings. The molecule has 4 heteroatoms. The van der Waals surface area contributed by atoms with Gasteiger partial charge in [-0.05, 0) is 19.9 Å². The van der Waals surface area contributed by atoms with Gasteiger partial charge in [-0.1, -0.05) is 6.42 Å². The predicted molar refractivity (Wildman–Crippen MR) is 69.6 cm³/mol. The van der Waals surface area contributed by atoms with Gasteiger partial charge in [0, 0.05) is 44.6 Å². The summed E-state index contributed by atoms with van der Waals surface area (Å²) in [6.45, 7) is 3.95. The molecule has 102 valence electrons. The van der Waals surface area contributed by atoms with Gasteiger partial charge in [-0.3, -0.25) is 9.69 Å². The third-order valence-electron chi connectivity index (χ3n) is 4.70. The summed E-state index contributed by atoms with van der Waals surface area (Å²) in [5, 5.41) is 0. The Labute approximate surface area is 109 Å². The monoisotopic (exact) mass is 252 g/mol. The number of ether oxygens (including phenoxy) is 1. The average Bonchev–Trinajstić information content (AvgIpc) is 2.30. The SMILES string of the molecule is CN1CCOC(CN2C3CCCC2CC(=O)C3)C1. The van der Waals surface area contributed by atoms with E-state index in [1.165, 1.54) is 19.3 Å². The van der Waals surface area contributed by atoms with Gasteiger partial charge in [-0.2, -0.15) is 0 Å². The van der Waals surface area contributed by atoms with E-state index in [0.717, 1.165) is 39.1 Å². The Morgan fingerprint density at radius 1 is 1.28 bits per heavy atom. The second-order valence-electron chi connectivity index (χ2n) is 6.14. The fourth-order valence-electron chi connectivity index (χ4n) is 3.78. The van der Waals surface area contributed by atoms with Crippen LogP contribution in [0.25, 0.3) is 0 Å². The van der Waals surface area contributed by atoms with Crippen LogP contribution in [0, 0.1) is 0 Å².